The summed E-state index contributed by atoms with van der Waals surface area (Å²) in [5, 5.41) is 23.7. The molecule has 0 spiro atoms. The summed E-state index contributed by atoms with van der Waals surface area (Å²) in [6.45, 7) is -0.0250. The second-order valence-electron chi connectivity index (χ2n) is 4.02. The molecule has 86 valence electrons. The van der Waals surface area contributed by atoms with E-state index in [0.717, 1.165) is 16.6 Å². The third-order valence-corrected chi connectivity index (χ3v) is 2.83. The summed E-state index contributed by atoms with van der Waals surface area (Å²) in [5.74, 6) is -0.127. The molecule has 4 heteroatoms. The van der Waals surface area contributed by atoms with Crippen molar-refractivity contribution in [1.82, 2.24) is 9.78 Å². The highest BCUT2D eigenvalue weighted by atomic mass is 16.3. The topological polar surface area (TPSA) is 58.3 Å². The van der Waals surface area contributed by atoms with Crippen LogP contribution in [0.1, 0.15) is 5.69 Å². The number of aliphatic hydroxyl groups excluding tert-OH is 2. The van der Waals surface area contributed by atoms with Crippen molar-refractivity contribution in [2.24, 2.45) is 13.0 Å². The fourth-order valence-corrected chi connectivity index (χ4v) is 1.90. The fraction of sp³-hybridized carbons (Fsp3) is 0.417. The van der Waals surface area contributed by atoms with E-state index in [9.17, 15) is 0 Å². The van der Waals surface area contributed by atoms with Crippen LogP contribution in [0.5, 0.6) is 0 Å². The predicted molar refractivity (Wildman–Crippen MR) is 62.1 cm³/mol. The third kappa shape index (κ3) is 1.94. The van der Waals surface area contributed by atoms with Crippen molar-refractivity contribution >= 4 is 10.9 Å². The zero-order valence-electron chi connectivity index (χ0n) is 9.30. The number of para-hydroxylation sites is 1. The van der Waals surface area contributed by atoms with Crippen LogP contribution in [-0.2, 0) is 13.5 Å². The van der Waals surface area contributed by atoms with E-state index in [2.05, 4.69) is 5.10 Å². The van der Waals surface area contributed by atoms with Gasteiger partial charge in [-0.05, 0) is 12.5 Å². The van der Waals surface area contributed by atoms with Gasteiger partial charge in [0, 0.05) is 31.6 Å². The molecular formula is C12H16N2O2. The molecule has 0 saturated carbocycles. The zero-order valence-corrected chi connectivity index (χ0v) is 9.30. The molecule has 4 nitrogen and oxygen atoms in total. The van der Waals surface area contributed by atoms with Crippen molar-refractivity contribution in [3.63, 3.8) is 0 Å². The minimum absolute atomic E-state index is 0.0125. The Hall–Kier alpha value is -1.39. The molecule has 0 bridgehead atoms. The summed E-state index contributed by atoms with van der Waals surface area (Å²) in [6, 6.07) is 7.98. The first-order chi connectivity index (χ1) is 7.76. The molecule has 1 aromatic heterocycles. The number of aromatic nitrogens is 2. The van der Waals surface area contributed by atoms with Gasteiger partial charge >= 0.3 is 0 Å². The number of hydrogen-bond acceptors (Lipinski definition) is 3. The van der Waals surface area contributed by atoms with E-state index >= 15 is 0 Å². The summed E-state index contributed by atoms with van der Waals surface area (Å²) >= 11 is 0. The van der Waals surface area contributed by atoms with E-state index in [4.69, 9.17) is 10.2 Å². The molecule has 0 fully saturated rings. The summed E-state index contributed by atoms with van der Waals surface area (Å²) in [4.78, 5) is 0. The number of benzene rings is 1. The second-order valence-corrected chi connectivity index (χ2v) is 4.02. The van der Waals surface area contributed by atoms with Crippen LogP contribution in [0.25, 0.3) is 10.9 Å². The Kier molecular flexibility index (Phi) is 3.22. The molecule has 2 N–H and O–H groups in total. The van der Waals surface area contributed by atoms with Crippen molar-refractivity contribution < 1.29 is 10.2 Å². The van der Waals surface area contributed by atoms with Gasteiger partial charge in [-0.2, -0.15) is 5.10 Å². The maximum atomic E-state index is 9.07. The van der Waals surface area contributed by atoms with Crippen molar-refractivity contribution in [2.75, 3.05) is 13.2 Å². The van der Waals surface area contributed by atoms with Gasteiger partial charge in [0.1, 0.15) is 0 Å². The van der Waals surface area contributed by atoms with Gasteiger partial charge in [0.2, 0.25) is 0 Å². The van der Waals surface area contributed by atoms with E-state index in [1.807, 2.05) is 36.0 Å². The van der Waals surface area contributed by atoms with Crippen LogP contribution in [0.15, 0.2) is 24.3 Å². The highest BCUT2D eigenvalue weighted by Gasteiger charge is 2.13. The Labute approximate surface area is 94.1 Å². The van der Waals surface area contributed by atoms with Crippen LogP contribution in [0.4, 0.5) is 0 Å². The summed E-state index contributed by atoms with van der Waals surface area (Å²) in [5.41, 5.74) is 2.01. The lowest BCUT2D eigenvalue weighted by atomic mass is 10.0. The Morgan fingerprint density at radius 2 is 1.94 bits per heavy atom. The van der Waals surface area contributed by atoms with Crippen LogP contribution < -0.4 is 0 Å². The lowest BCUT2D eigenvalue weighted by Crippen LogP contribution is -2.14. The zero-order chi connectivity index (χ0) is 11.5. The molecule has 1 heterocycles. The molecule has 16 heavy (non-hydrogen) atoms. The van der Waals surface area contributed by atoms with Gasteiger partial charge in [-0.1, -0.05) is 18.2 Å². The Morgan fingerprint density at radius 3 is 2.62 bits per heavy atom. The Bertz CT molecular complexity index is 475. The normalized spacial score (nSPS) is 11.5. The molecule has 0 aliphatic rings. The minimum Gasteiger partial charge on any atom is -0.396 e. The monoisotopic (exact) mass is 220 g/mol. The van der Waals surface area contributed by atoms with Crippen LogP contribution in [0.3, 0.4) is 0 Å². The maximum Gasteiger partial charge on any atom is 0.0707 e. The SMILES string of the molecule is Cn1nc(CC(CO)CO)c2ccccc21. The Morgan fingerprint density at radius 1 is 1.25 bits per heavy atom. The molecule has 0 radical (unpaired) electrons. The minimum atomic E-state index is -0.127. The first-order valence-corrected chi connectivity index (χ1v) is 5.38. The van der Waals surface area contributed by atoms with Crippen LogP contribution in [0, 0.1) is 5.92 Å². The number of fused-ring (bicyclic) bond motifs is 1. The highest BCUT2D eigenvalue weighted by Crippen LogP contribution is 2.19. The van der Waals surface area contributed by atoms with Gasteiger partial charge in [-0.25, -0.2) is 0 Å². The van der Waals surface area contributed by atoms with Crippen LogP contribution >= 0.6 is 0 Å². The lowest BCUT2D eigenvalue weighted by molar-refractivity contribution is 0.149. The van der Waals surface area contributed by atoms with Crippen molar-refractivity contribution in [2.45, 2.75) is 6.42 Å². The number of aliphatic hydroxyl groups is 2. The van der Waals surface area contributed by atoms with E-state index in [1.54, 1.807) is 0 Å². The largest absolute Gasteiger partial charge is 0.396 e. The van der Waals surface area contributed by atoms with Crippen LogP contribution in [-0.4, -0.2) is 33.2 Å². The number of hydrogen-bond donors (Lipinski definition) is 2. The van der Waals surface area contributed by atoms with Gasteiger partial charge in [-0.15, -0.1) is 0 Å². The van der Waals surface area contributed by atoms with Gasteiger partial charge in [0.15, 0.2) is 0 Å². The second kappa shape index (κ2) is 4.63. The molecule has 0 amide bonds. The first kappa shape index (κ1) is 11.1. The van der Waals surface area contributed by atoms with Gasteiger partial charge in [0.05, 0.1) is 11.2 Å². The molecule has 0 saturated heterocycles. The molecule has 2 aromatic rings. The van der Waals surface area contributed by atoms with Gasteiger partial charge in [-0.3, -0.25) is 4.68 Å². The summed E-state index contributed by atoms with van der Waals surface area (Å²) < 4.78 is 1.83. The van der Waals surface area contributed by atoms with Crippen LogP contribution in [0.2, 0.25) is 0 Å². The molecule has 0 atom stereocenters. The van der Waals surface area contributed by atoms with Crippen molar-refractivity contribution in [1.29, 1.82) is 0 Å². The molecule has 0 aliphatic carbocycles. The predicted octanol–water partition coefficient (Wildman–Crippen LogP) is 0.717. The third-order valence-electron chi connectivity index (χ3n) is 2.83. The number of nitrogens with zero attached hydrogens (tertiary/aromatic N) is 2. The highest BCUT2D eigenvalue weighted by molar-refractivity contribution is 5.81. The first-order valence-electron chi connectivity index (χ1n) is 5.38. The number of aryl methyl sites for hydroxylation is 1. The molecule has 0 unspecified atom stereocenters. The van der Waals surface area contributed by atoms with E-state index < -0.39 is 0 Å². The fourth-order valence-electron chi connectivity index (χ4n) is 1.90. The summed E-state index contributed by atoms with van der Waals surface area (Å²) in [6.07, 6.45) is 0.606. The van der Waals surface area contributed by atoms with E-state index in [1.165, 1.54) is 0 Å². The molecule has 1 aromatic carbocycles. The number of rotatable bonds is 4. The molecule has 0 aliphatic heterocycles. The van der Waals surface area contributed by atoms with Gasteiger partial charge in [0.25, 0.3) is 0 Å². The average Bonchev–Trinajstić information content (AvgIpc) is 2.64. The Balaban J connectivity index is 2.37. The lowest BCUT2D eigenvalue weighted by Gasteiger charge is -2.08. The smallest absolute Gasteiger partial charge is 0.0707 e. The van der Waals surface area contributed by atoms with E-state index in [-0.39, 0.29) is 19.1 Å². The maximum absolute atomic E-state index is 9.07. The van der Waals surface area contributed by atoms with Crippen molar-refractivity contribution in [3.05, 3.63) is 30.0 Å². The standard InChI is InChI=1S/C12H16N2O2/c1-14-12-5-3-2-4-10(12)11(13-14)6-9(7-15)8-16/h2-5,9,15-16H,6-8H2,1H3. The van der Waals surface area contributed by atoms with Gasteiger partial charge < -0.3 is 10.2 Å². The van der Waals surface area contributed by atoms with E-state index in [0.29, 0.717) is 6.42 Å². The average molecular weight is 220 g/mol. The quantitative estimate of drug-likeness (QED) is 0.798. The summed E-state index contributed by atoms with van der Waals surface area (Å²) in [7, 11) is 1.90. The van der Waals surface area contributed by atoms with Crippen molar-refractivity contribution in [3.8, 4) is 0 Å². The molecular weight excluding hydrogens is 204 g/mol. The molecule has 2 rings (SSSR count).